The second-order valence-electron chi connectivity index (χ2n) is 8.20. The number of aromatic nitrogens is 2. The normalized spacial score (nSPS) is 19.9. The molecule has 0 saturated carbocycles. The molecule has 2 fully saturated rings. The van der Waals surface area contributed by atoms with Gasteiger partial charge in [0, 0.05) is 50.1 Å². The molecule has 4 rings (SSSR count). The Kier molecular flexibility index (Phi) is 5.69. The fourth-order valence-corrected chi connectivity index (χ4v) is 5.00. The number of fused-ring (bicyclic) bond motifs is 1. The number of nitrogens with zero attached hydrogens (tertiary/aromatic N) is 4. The molecule has 2 aromatic rings. The van der Waals surface area contributed by atoms with Gasteiger partial charge in [-0.1, -0.05) is 6.42 Å². The molecule has 2 aromatic heterocycles. The van der Waals surface area contributed by atoms with Crippen LogP contribution in [0, 0.1) is 13.8 Å². The van der Waals surface area contributed by atoms with E-state index in [-0.39, 0.29) is 0 Å². The zero-order chi connectivity index (χ0) is 18.8. The van der Waals surface area contributed by atoms with Crippen LogP contribution >= 0.6 is 0 Å². The molecule has 2 saturated heterocycles. The first kappa shape index (κ1) is 18.8. The molecule has 2 aliphatic heterocycles. The monoisotopic (exact) mass is 370 g/mol. The maximum atomic E-state index is 5.37. The Hall–Kier alpha value is -1.59. The van der Waals surface area contributed by atoms with Crippen molar-refractivity contribution in [3.8, 4) is 0 Å². The summed E-state index contributed by atoms with van der Waals surface area (Å²) in [4.78, 5) is 10.1. The molecule has 0 aromatic carbocycles. The number of methoxy groups -OCH3 is 1. The number of ether oxygens (including phenoxy) is 1. The molecular formula is C22H34N4O. The van der Waals surface area contributed by atoms with Gasteiger partial charge in [0.25, 0.3) is 0 Å². The average molecular weight is 371 g/mol. The molecular weight excluding hydrogens is 336 g/mol. The Morgan fingerprint density at radius 3 is 2.52 bits per heavy atom. The van der Waals surface area contributed by atoms with Crippen molar-refractivity contribution in [2.24, 2.45) is 0 Å². The lowest BCUT2D eigenvalue weighted by Crippen LogP contribution is -2.47. The van der Waals surface area contributed by atoms with Crippen LogP contribution in [-0.4, -0.2) is 60.4 Å². The Balaban J connectivity index is 1.58. The maximum absolute atomic E-state index is 5.37. The number of rotatable bonds is 5. The van der Waals surface area contributed by atoms with Gasteiger partial charge in [0.1, 0.15) is 0 Å². The minimum atomic E-state index is 0.732. The standard InChI is InChI=1S/C22H34N4O/c1-17-18(2)26(15-16-27-3)21-20(17)7-10-23-22(21)25-13-8-19(9-14-25)24-11-5-4-6-12-24/h7,10,19H,4-6,8-9,11-16H2,1-3H3. The van der Waals surface area contributed by atoms with E-state index in [1.807, 2.05) is 6.20 Å². The summed E-state index contributed by atoms with van der Waals surface area (Å²) in [6, 6.07) is 2.94. The molecule has 5 nitrogen and oxygen atoms in total. The first-order chi connectivity index (χ1) is 13.2. The summed E-state index contributed by atoms with van der Waals surface area (Å²) in [7, 11) is 1.78. The smallest absolute Gasteiger partial charge is 0.153 e. The third kappa shape index (κ3) is 3.59. The minimum absolute atomic E-state index is 0.732. The van der Waals surface area contributed by atoms with Crippen LogP contribution in [0.5, 0.6) is 0 Å². The summed E-state index contributed by atoms with van der Waals surface area (Å²) in [6.07, 6.45) is 8.68. The highest BCUT2D eigenvalue weighted by atomic mass is 16.5. The molecule has 0 atom stereocenters. The molecule has 148 valence electrons. The van der Waals surface area contributed by atoms with Gasteiger partial charge >= 0.3 is 0 Å². The van der Waals surface area contributed by atoms with Gasteiger partial charge in [-0.2, -0.15) is 0 Å². The number of likely N-dealkylation sites (tertiary alicyclic amines) is 1. The summed E-state index contributed by atoms with van der Waals surface area (Å²) >= 11 is 0. The van der Waals surface area contributed by atoms with Crippen LogP contribution in [0.1, 0.15) is 43.4 Å². The van der Waals surface area contributed by atoms with Crippen molar-refractivity contribution >= 4 is 16.7 Å². The van der Waals surface area contributed by atoms with Crippen molar-refractivity contribution < 1.29 is 4.74 Å². The Bertz CT molecular complexity index is 770. The maximum Gasteiger partial charge on any atom is 0.153 e. The Morgan fingerprint density at radius 2 is 1.81 bits per heavy atom. The van der Waals surface area contributed by atoms with E-state index < -0.39 is 0 Å². The van der Waals surface area contributed by atoms with Crippen LogP contribution in [0.15, 0.2) is 12.3 Å². The SMILES string of the molecule is COCCn1c(C)c(C)c2ccnc(N3CCC(N4CCCCC4)CC3)c21. The van der Waals surface area contributed by atoms with Gasteiger partial charge in [0.15, 0.2) is 5.82 Å². The lowest BCUT2D eigenvalue weighted by molar-refractivity contribution is 0.141. The van der Waals surface area contributed by atoms with E-state index in [0.29, 0.717) is 0 Å². The second kappa shape index (κ2) is 8.19. The highest BCUT2D eigenvalue weighted by molar-refractivity contribution is 5.93. The van der Waals surface area contributed by atoms with Crippen LogP contribution in [-0.2, 0) is 11.3 Å². The topological polar surface area (TPSA) is 33.5 Å². The third-order valence-electron chi connectivity index (χ3n) is 6.72. The van der Waals surface area contributed by atoms with E-state index in [4.69, 9.17) is 9.72 Å². The summed E-state index contributed by atoms with van der Waals surface area (Å²) < 4.78 is 7.78. The number of aryl methyl sites for hydroxylation is 1. The van der Waals surface area contributed by atoms with Gasteiger partial charge in [0.2, 0.25) is 0 Å². The molecule has 27 heavy (non-hydrogen) atoms. The largest absolute Gasteiger partial charge is 0.383 e. The second-order valence-corrected chi connectivity index (χ2v) is 8.20. The third-order valence-corrected chi connectivity index (χ3v) is 6.72. The fraction of sp³-hybridized carbons (Fsp3) is 0.682. The predicted octanol–water partition coefficient (Wildman–Crippen LogP) is 3.75. The predicted molar refractivity (Wildman–Crippen MR) is 112 cm³/mol. The number of hydrogen-bond acceptors (Lipinski definition) is 4. The van der Waals surface area contributed by atoms with E-state index in [2.05, 4.69) is 34.3 Å². The fourth-order valence-electron chi connectivity index (χ4n) is 5.00. The quantitative estimate of drug-likeness (QED) is 0.803. The highest BCUT2D eigenvalue weighted by Crippen LogP contribution is 2.33. The Labute approximate surface area is 163 Å². The van der Waals surface area contributed by atoms with Gasteiger partial charge in [-0.3, -0.25) is 0 Å². The number of hydrogen-bond donors (Lipinski definition) is 0. The summed E-state index contributed by atoms with van der Waals surface area (Å²) in [5, 5.41) is 1.34. The first-order valence-corrected chi connectivity index (χ1v) is 10.6. The van der Waals surface area contributed by atoms with Gasteiger partial charge < -0.3 is 19.1 Å². The van der Waals surface area contributed by atoms with Crippen LogP contribution in [0.25, 0.3) is 10.9 Å². The van der Waals surface area contributed by atoms with E-state index >= 15 is 0 Å². The van der Waals surface area contributed by atoms with Gasteiger partial charge in [-0.15, -0.1) is 0 Å². The van der Waals surface area contributed by atoms with E-state index in [1.165, 1.54) is 67.4 Å². The molecule has 0 spiro atoms. The number of anilines is 1. The van der Waals surface area contributed by atoms with Crippen molar-refractivity contribution in [1.82, 2.24) is 14.5 Å². The molecule has 2 aliphatic rings. The Morgan fingerprint density at radius 1 is 1.07 bits per heavy atom. The zero-order valence-corrected chi connectivity index (χ0v) is 17.2. The van der Waals surface area contributed by atoms with E-state index in [0.717, 1.165) is 38.1 Å². The van der Waals surface area contributed by atoms with E-state index in [1.54, 1.807) is 7.11 Å². The van der Waals surface area contributed by atoms with Crippen LogP contribution in [0.3, 0.4) is 0 Å². The van der Waals surface area contributed by atoms with Crippen molar-refractivity contribution in [1.29, 1.82) is 0 Å². The van der Waals surface area contributed by atoms with Crippen molar-refractivity contribution in [3.63, 3.8) is 0 Å². The number of pyridine rings is 1. The molecule has 0 unspecified atom stereocenters. The summed E-state index contributed by atoms with van der Waals surface area (Å²) in [6.45, 7) is 10.9. The molecule has 0 N–H and O–H groups in total. The van der Waals surface area contributed by atoms with Gasteiger partial charge in [-0.25, -0.2) is 4.98 Å². The molecule has 5 heteroatoms. The van der Waals surface area contributed by atoms with Gasteiger partial charge in [0.05, 0.1) is 12.1 Å². The highest BCUT2D eigenvalue weighted by Gasteiger charge is 2.27. The van der Waals surface area contributed by atoms with E-state index in [9.17, 15) is 0 Å². The van der Waals surface area contributed by atoms with Crippen molar-refractivity contribution in [2.45, 2.75) is 58.5 Å². The molecule has 0 bridgehead atoms. The van der Waals surface area contributed by atoms with Gasteiger partial charge in [-0.05, 0) is 64.3 Å². The van der Waals surface area contributed by atoms with Crippen LogP contribution in [0.2, 0.25) is 0 Å². The molecule has 0 radical (unpaired) electrons. The minimum Gasteiger partial charge on any atom is -0.383 e. The number of piperidine rings is 2. The molecule has 4 heterocycles. The summed E-state index contributed by atoms with van der Waals surface area (Å²) in [5.74, 6) is 1.16. The zero-order valence-electron chi connectivity index (χ0n) is 17.2. The van der Waals surface area contributed by atoms with Crippen molar-refractivity contribution in [3.05, 3.63) is 23.5 Å². The average Bonchev–Trinajstić information content (AvgIpc) is 2.97. The van der Waals surface area contributed by atoms with Crippen LogP contribution < -0.4 is 4.90 Å². The van der Waals surface area contributed by atoms with Crippen LogP contribution in [0.4, 0.5) is 5.82 Å². The first-order valence-electron chi connectivity index (χ1n) is 10.6. The lowest BCUT2D eigenvalue weighted by Gasteiger charge is -2.40. The molecule has 0 amide bonds. The van der Waals surface area contributed by atoms with Crippen molar-refractivity contribution in [2.75, 3.05) is 44.8 Å². The summed E-state index contributed by atoms with van der Waals surface area (Å²) in [5.41, 5.74) is 3.99. The lowest BCUT2D eigenvalue weighted by atomic mass is 10.00. The molecule has 0 aliphatic carbocycles.